The molecule has 4 nitrogen and oxygen atoms in total. The van der Waals surface area contributed by atoms with Crippen molar-refractivity contribution in [3.8, 4) is 0 Å². The van der Waals surface area contributed by atoms with Crippen molar-refractivity contribution in [3.05, 3.63) is 63.1 Å². The number of nitrogens with one attached hydrogen (secondary N) is 2. The third kappa shape index (κ3) is 2.59. The number of anilines is 1. The van der Waals surface area contributed by atoms with Crippen LogP contribution in [-0.4, -0.2) is 10.9 Å². The number of H-pyrrole nitrogens is 1. The Morgan fingerprint density at radius 1 is 1.25 bits per heavy atom. The number of amides is 1. The Hall–Kier alpha value is -2.50. The molecule has 0 radical (unpaired) electrons. The van der Waals surface area contributed by atoms with Gasteiger partial charge in [-0.1, -0.05) is 6.07 Å². The zero-order valence-electron chi connectivity index (χ0n) is 10.9. The molecule has 0 spiro atoms. The highest BCUT2D eigenvalue weighted by Crippen LogP contribution is 2.21. The van der Waals surface area contributed by atoms with Gasteiger partial charge < -0.3 is 10.3 Å². The quantitative estimate of drug-likeness (QED) is 0.886. The molecule has 1 heterocycles. The second-order valence-corrected chi connectivity index (χ2v) is 4.40. The highest BCUT2D eigenvalue weighted by Gasteiger charge is 2.17. The average Bonchev–Trinajstić information content (AvgIpc) is 2.39. The smallest absolute Gasteiger partial charge is 0.261 e. The van der Waals surface area contributed by atoms with E-state index in [0.29, 0.717) is 5.69 Å². The number of carbonyl (C=O) groups is 1. The molecule has 0 saturated carbocycles. The van der Waals surface area contributed by atoms with E-state index in [9.17, 15) is 18.4 Å². The molecule has 6 heteroatoms. The summed E-state index contributed by atoms with van der Waals surface area (Å²) < 4.78 is 27.3. The largest absolute Gasteiger partial charge is 0.364 e. The molecule has 0 aliphatic rings. The van der Waals surface area contributed by atoms with Gasteiger partial charge in [-0.3, -0.25) is 9.59 Å². The third-order valence-corrected chi connectivity index (χ3v) is 2.82. The molecule has 2 N–H and O–H groups in total. The van der Waals surface area contributed by atoms with Gasteiger partial charge in [-0.15, -0.1) is 0 Å². The fraction of sp³-hybridized carbons (Fsp3) is 0.143. The Morgan fingerprint density at radius 3 is 2.60 bits per heavy atom. The van der Waals surface area contributed by atoms with Crippen molar-refractivity contribution in [2.45, 2.75) is 13.8 Å². The van der Waals surface area contributed by atoms with E-state index in [1.54, 1.807) is 6.92 Å². The molecule has 2 rings (SSSR count). The van der Waals surface area contributed by atoms with Crippen LogP contribution in [0.25, 0.3) is 0 Å². The number of halogens is 2. The standard InChI is InChI=1S/C14H12F2N2O2/c1-7-3-4-10(15)13(12(7)16)18-14(20)9-6-17-8(2)5-11(9)19/h3-6H,1-2H3,(H,17,19)(H,18,20). The highest BCUT2D eigenvalue weighted by atomic mass is 19.1. The van der Waals surface area contributed by atoms with Crippen LogP contribution in [0.4, 0.5) is 14.5 Å². The first-order valence-electron chi connectivity index (χ1n) is 5.85. The number of hydrogen-bond donors (Lipinski definition) is 2. The highest BCUT2D eigenvalue weighted by molar-refractivity contribution is 6.04. The maximum Gasteiger partial charge on any atom is 0.261 e. The van der Waals surface area contributed by atoms with Crippen molar-refractivity contribution in [1.82, 2.24) is 4.98 Å². The number of pyridine rings is 1. The van der Waals surface area contributed by atoms with Gasteiger partial charge in [-0.2, -0.15) is 0 Å². The summed E-state index contributed by atoms with van der Waals surface area (Å²) in [6, 6.07) is 3.55. The van der Waals surface area contributed by atoms with E-state index in [1.807, 2.05) is 0 Å². The Balaban J connectivity index is 2.38. The van der Waals surface area contributed by atoms with Crippen molar-refractivity contribution >= 4 is 11.6 Å². The van der Waals surface area contributed by atoms with Crippen molar-refractivity contribution in [1.29, 1.82) is 0 Å². The summed E-state index contributed by atoms with van der Waals surface area (Å²) in [5, 5.41) is 2.09. The van der Waals surface area contributed by atoms with Gasteiger partial charge in [-0.25, -0.2) is 8.78 Å². The van der Waals surface area contributed by atoms with Gasteiger partial charge >= 0.3 is 0 Å². The maximum absolute atomic E-state index is 13.8. The van der Waals surface area contributed by atoms with Gasteiger partial charge in [0.1, 0.15) is 17.1 Å². The van der Waals surface area contributed by atoms with Crippen LogP contribution in [0.5, 0.6) is 0 Å². The zero-order chi connectivity index (χ0) is 14.9. The SMILES string of the molecule is Cc1cc(=O)c(C(=O)Nc2c(F)ccc(C)c2F)c[nH]1. The molecule has 1 amide bonds. The van der Waals surface area contributed by atoms with Crippen LogP contribution >= 0.6 is 0 Å². The number of hydrogen-bond acceptors (Lipinski definition) is 2. The number of rotatable bonds is 2. The van der Waals surface area contributed by atoms with Crippen LogP contribution < -0.4 is 10.7 Å². The Bertz CT molecular complexity index is 738. The van der Waals surface area contributed by atoms with Gasteiger partial charge in [-0.05, 0) is 25.5 Å². The van der Waals surface area contributed by atoms with E-state index in [4.69, 9.17) is 0 Å². The summed E-state index contributed by atoms with van der Waals surface area (Å²) >= 11 is 0. The third-order valence-electron chi connectivity index (χ3n) is 2.82. The maximum atomic E-state index is 13.8. The lowest BCUT2D eigenvalue weighted by molar-refractivity contribution is 0.102. The van der Waals surface area contributed by atoms with E-state index in [2.05, 4.69) is 10.3 Å². The second kappa shape index (κ2) is 5.24. The van der Waals surface area contributed by atoms with E-state index in [0.717, 1.165) is 6.07 Å². The molecule has 0 saturated heterocycles. The molecular formula is C14H12F2N2O2. The minimum atomic E-state index is -0.898. The summed E-state index contributed by atoms with van der Waals surface area (Å²) in [7, 11) is 0. The summed E-state index contributed by atoms with van der Waals surface area (Å²) in [5.41, 5.74) is -0.517. The molecule has 0 atom stereocenters. The molecule has 2 aromatic rings. The van der Waals surface area contributed by atoms with Crippen molar-refractivity contribution in [3.63, 3.8) is 0 Å². The van der Waals surface area contributed by atoms with Gasteiger partial charge in [0.25, 0.3) is 5.91 Å². The molecule has 0 aliphatic heterocycles. The number of aromatic amines is 1. The zero-order valence-corrected chi connectivity index (χ0v) is 10.9. The average molecular weight is 278 g/mol. The first kappa shape index (κ1) is 13.9. The fourth-order valence-electron chi connectivity index (χ4n) is 1.70. The van der Waals surface area contributed by atoms with Crippen LogP contribution in [0.3, 0.4) is 0 Å². The normalized spacial score (nSPS) is 10.4. The molecule has 0 aliphatic carbocycles. The van der Waals surface area contributed by atoms with Crippen LogP contribution in [0.15, 0.2) is 29.2 Å². The summed E-state index contributed by atoms with van der Waals surface area (Å²) in [6.07, 6.45) is 1.21. The molecule has 20 heavy (non-hydrogen) atoms. The molecule has 0 fully saturated rings. The number of aromatic nitrogens is 1. The lowest BCUT2D eigenvalue weighted by Crippen LogP contribution is -2.22. The van der Waals surface area contributed by atoms with Crippen molar-refractivity contribution < 1.29 is 13.6 Å². The van der Waals surface area contributed by atoms with Crippen molar-refractivity contribution in [2.75, 3.05) is 5.32 Å². The summed E-state index contributed by atoms with van der Waals surface area (Å²) in [4.78, 5) is 26.2. The van der Waals surface area contributed by atoms with E-state index in [1.165, 1.54) is 25.3 Å². The van der Waals surface area contributed by atoms with Gasteiger partial charge in [0.2, 0.25) is 0 Å². The summed E-state index contributed by atoms with van der Waals surface area (Å²) in [5.74, 6) is -2.62. The Morgan fingerprint density at radius 2 is 1.95 bits per heavy atom. The van der Waals surface area contributed by atoms with Gasteiger partial charge in [0.05, 0.1) is 0 Å². The number of carbonyl (C=O) groups excluding carboxylic acids is 1. The Labute approximate surface area is 113 Å². The lowest BCUT2D eigenvalue weighted by Gasteiger charge is -2.09. The van der Waals surface area contributed by atoms with Crippen molar-refractivity contribution in [2.24, 2.45) is 0 Å². The lowest BCUT2D eigenvalue weighted by atomic mass is 10.1. The topological polar surface area (TPSA) is 62.0 Å². The minimum absolute atomic E-state index is 0.194. The van der Waals surface area contributed by atoms with Crippen LogP contribution in [0.2, 0.25) is 0 Å². The monoisotopic (exact) mass is 278 g/mol. The molecular weight excluding hydrogens is 266 g/mol. The van der Waals surface area contributed by atoms with E-state index >= 15 is 0 Å². The molecule has 0 unspecified atom stereocenters. The number of aryl methyl sites for hydroxylation is 2. The molecule has 1 aromatic carbocycles. The van der Waals surface area contributed by atoms with E-state index in [-0.39, 0.29) is 11.1 Å². The van der Waals surface area contributed by atoms with Crippen LogP contribution in [-0.2, 0) is 0 Å². The molecule has 0 bridgehead atoms. The summed E-state index contributed by atoms with van der Waals surface area (Å²) in [6.45, 7) is 3.10. The molecule has 104 valence electrons. The van der Waals surface area contributed by atoms with Crippen LogP contribution in [0, 0.1) is 25.5 Å². The second-order valence-electron chi connectivity index (χ2n) is 4.40. The predicted octanol–water partition coefficient (Wildman–Crippen LogP) is 2.52. The number of benzene rings is 1. The fourth-order valence-corrected chi connectivity index (χ4v) is 1.70. The first-order chi connectivity index (χ1) is 9.40. The first-order valence-corrected chi connectivity index (χ1v) is 5.85. The van der Waals surface area contributed by atoms with Gasteiger partial charge in [0, 0.05) is 18.0 Å². The van der Waals surface area contributed by atoms with E-state index < -0.39 is 28.7 Å². The van der Waals surface area contributed by atoms with Gasteiger partial charge in [0.15, 0.2) is 11.2 Å². The molecule has 1 aromatic heterocycles. The van der Waals surface area contributed by atoms with Crippen LogP contribution in [0.1, 0.15) is 21.6 Å². The predicted molar refractivity (Wildman–Crippen MR) is 70.8 cm³/mol. The Kier molecular flexibility index (Phi) is 3.65. The minimum Gasteiger partial charge on any atom is -0.364 e.